The normalized spacial score (nSPS) is 12.1. The molecule has 0 aliphatic heterocycles. The Kier molecular flexibility index (Phi) is 48.8. The summed E-state index contributed by atoms with van der Waals surface area (Å²) in [6.45, 7) is 6.63. The van der Waals surface area contributed by atoms with Crippen LogP contribution in [0, 0.1) is 0 Å². The van der Waals surface area contributed by atoms with Gasteiger partial charge in [0.15, 0.2) is 6.10 Å². The zero-order valence-electron chi connectivity index (χ0n) is 40.9. The number of hydrogen-bond acceptors (Lipinski definition) is 6. The molecule has 6 nitrogen and oxygen atoms in total. The van der Waals surface area contributed by atoms with Gasteiger partial charge < -0.3 is 14.2 Å². The number of allylic oxidation sites excluding steroid dienone is 4. The molecule has 6 heteroatoms. The van der Waals surface area contributed by atoms with Crippen LogP contribution in [0.15, 0.2) is 24.3 Å². The monoisotopic (exact) mass is 859 g/mol. The first-order chi connectivity index (χ1) is 30.0. The quantitative estimate of drug-likeness (QED) is 0.0262. The van der Waals surface area contributed by atoms with Gasteiger partial charge in [0.05, 0.1) is 0 Å². The van der Waals surface area contributed by atoms with Crippen LogP contribution in [-0.2, 0) is 28.6 Å². The van der Waals surface area contributed by atoms with Gasteiger partial charge >= 0.3 is 17.9 Å². The van der Waals surface area contributed by atoms with Gasteiger partial charge in [-0.05, 0) is 51.4 Å². The molecule has 0 aromatic rings. The second-order valence-corrected chi connectivity index (χ2v) is 18.2. The highest BCUT2D eigenvalue weighted by atomic mass is 16.6. The molecule has 358 valence electrons. The van der Waals surface area contributed by atoms with E-state index in [-0.39, 0.29) is 31.1 Å². The maximum atomic E-state index is 12.8. The van der Waals surface area contributed by atoms with E-state index >= 15 is 0 Å². The zero-order valence-corrected chi connectivity index (χ0v) is 40.9. The number of rotatable bonds is 49. The highest BCUT2D eigenvalue weighted by Gasteiger charge is 2.19. The van der Waals surface area contributed by atoms with E-state index in [4.69, 9.17) is 14.2 Å². The molecule has 0 radical (unpaired) electrons. The molecule has 0 aromatic carbocycles. The Morgan fingerprint density at radius 3 is 0.934 bits per heavy atom. The zero-order chi connectivity index (χ0) is 44.4. The van der Waals surface area contributed by atoms with Crippen LogP contribution in [-0.4, -0.2) is 37.2 Å². The average Bonchev–Trinajstić information content (AvgIpc) is 3.26. The molecule has 0 unspecified atom stereocenters. The third-order valence-electron chi connectivity index (χ3n) is 12.0. The Morgan fingerprint density at radius 2 is 0.590 bits per heavy atom. The summed E-state index contributed by atoms with van der Waals surface area (Å²) in [5, 5.41) is 0. The van der Waals surface area contributed by atoms with Crippen LogP contribution in [0.2, 0.25) is 0 Å². The molecule has 0 saturated heterocycles. The van der Waals surface area contributed by atoms with Crippen molar-refractivity contribution in [1.82, 2.24) is 0 Å². The number of carbonyl (C=O) groups excluding carboxylic acids is 3. The van der Waals surface area contributed by atoms with Gasteiger partial charge in [-0.1, -0.05) is 244 Å². The van der Waals surface area contributed by atoms with Crippen LogP contribution < -0.4 is 0 Å². The van der Waals surface area contributed by atoms with Crippen LogP contribution in [0.25, 0.3) is 0 Å². The molecule has 61 heavy (non-hydrogen) atoms. The number of ether oxygens (including phenoxy) is 3. The molecule has 0 aliphatic carbocycles. The molecule has 0 aromatic heterocycles. The summed E-state index contributed by atoms with van der Waals surface area (Å²) in [5.41, 5.74) is 0. The van der Waals surface area contributed by atoms with Gasteiger partial charge in [-0.25, -0.2) is 0 Å². The van der Waals surface area contributed by atoms with Crippen LogP contribution in [0.3, 0.4) is 0 Å². The molecule has 0 bridgehead atoms. The summed E-state index contributed by atoms with van der Waals surface area (Å²) in [6, 6.07) is 0. The van der Waals surface area contributed by atoms with Gasteiger partial charge in [-0.3, -0.25) is 14.4 Å². The lowest BCUT2D eigenvalue weighted by atomic mass is 10.0. The summed E-state index contributed by atoms with van der Waals surface area (Å²) in [5.74, 6) is -0.859. The van der Waals surface area contributed by atoms with Crippen LogP contribution in [0.5, 0.6) is 0 Å². The number of hydrogen-bond donors (Lipinski definition) is 0. The minimum atomic E-state index is -0.766. The van der Waals surface area contributed by atoms with Gasteiger partial charge in [0.1, 0.15) is 13.2 Å². The lowest BCUT2D eigenvalue weighted by Crippen LogP contribution is -2.30. The largest absolute Gasteiger partial charge is 0.462 e. The first kappa shape index (κ1) is 58.9. The topological polar surface area (TPSA) is 78.9 Å². The van der Waals surface area contributed by atoms with Crippen LogP contribution >= 0.6 is 0 Å². The first-order valence-electron chi connectivity index (χ1n) is 26.8. The predicted octanol–water partition coefficient (Wildman–Crippen LogP) is 17.5. The fourth-order valence-corrected chi connectivity index (χ4v) is 7.89. The SMILES string of the molecule is CCCCC/C=C\C/C=C\CCCCCCCCCCCC(=O)OC[C@@H](COC(=O)CCCCCCCCCCC)OC(=O)CCCCCCCCCCCCCCCCC. The summed E-state index contributed by atoms with van der Waals surface area (Å²) < 4.78 is 16.8. The Hall–Kier alpha value is -2.11. The molecular formula is C55H102O6. The maximum Gasteiger partial charge on any atom is 0.306 e. The molecule has 1 atom stereocenters. The smallest absolute Gasteiger partial charge is 0.306 e. The predicted molar refractivity (Wildman–Crippen MR) is 261 cm³/mol. The summed E-state index contributed by atoms with van der Waals surface area (Å²) >= 11 is 0. The van der Waals surface area contributed by atoms with E-state index in [2.05, 4.69) is 45.1 Å². The Labute approximate surface area is 379 Å². The fraction of sp³-hybridized carbons (Fsp3) is 0.873. The molecule has 0 heterocycles. The standard InChI is InChI=1S/C55H102O6/c1-4-7-10-13-16-19-21-23-25-26-27-28-30-31-33-36-39-42-45-48-54(57)60-51-52(50-59-53(56)47-44-41-38-35-18-15-12-9-6-3)61-55(58)49-46-43-40-37-34-32-29-24-22-20-17-14-11-8-5-2/h16,19,23,25,52H,4-15,17-18,20-22,24,26-51H2,1-3H3/b19-16-,25-23-/t52-/m1/s1. The highest BCUT2D eigenvalue weighted by molar-refractivity contribution is 5.71. The van der Waals surface area contributed by atoms with Gasteiger partial charge in [-0.15, -0.1) is 0 Å². The van der Waals surface area contributed by atoms with E-state index in [0.717, 1.165) is 64.2 Å². The molecule has 0 rings (SSSR count). The summed E-state index contributed by atoms with van der Waals surface area (Å²) in [4.78, 5) is 37.9. The third kappa shape index (κ3) is 48.8. The maximum absolute atomic E-state index is 12.8. The Bertz CT molecular complexity index is 989. The lowest BCUT2D eigenvalue weighted by Gasteiger charge is -2.18. The Balaban J connectivity index is 4.26. The van der Waals surface area contributed by atoms with E-state index in [1.807, 2.05) is 0 Å². The number of carbonyl (C=O) groups is 3. The van der Waals surface area contributed by atoms with E-state index in [9.17, 15) is 14.4 Å². The lowest BCUT2D eigenvalue weighted by molar-refractivity contribution is -0.167. The van der Waals surface area contributed by atoms with Crippen molar-refractivity contribution in [3.8, 4) is 0 Å². The third-order valence-corrected chi connectivity index (χ3v) is 12.0. The number of esters is 3. The van der Waals surface area contributed by atoms with Gasteiger partial charge in [0.25, 0.3) is 0 Å². The van der Waals surface area contributed by atoms with Crippen molar-refractivity contribution >= 4 is 17.9 Å². The Morgan fingerprint density at radius 1 is 0.328 bits per heavy atom. The van der Waals surface area contributed by atoms with Crippen molar-refractivity contribution in [3.05, 3.63) is 24.3 Å². The van der Waals surface area contributed by atoms with Crippen LogP contribution in [0.1, 0.15) is 290 Å². The van der Waals surface area contributed by atoms with Crippen molar-refractivity contribution in [2.75, 3.05) is 13.2 Å². The van der Waals surface area contributed by atoms with Crippen LogP contribution in [0.4, 0.5) is 0 Å². The minimum Gasteiger partial charge on any atom is -0.462 e. The second-order valence-electron chi connectivity index (χ2n) is 18.2. The molecule has 0 amide bonds. The average molecular weight is 859 g/mol. The van der Waals surface area contributed by atoms with Gasteiger partial charge in [0, 0.05) is 19.3 Å². The fourth-order valence-electron chi connectivity index (χ4n) is 7.89. The van der Waals surface area contributed by atoms with Crippen molar-refractivity contribution < 1.29 is 28.6 Å². The minimum absolute atomic E-state index is 0.0678. The molecule has 0 saturated carbocycles. The molecular weight excluding hydrogens is 757 g/mol. The van der Waals surface area contributed by atoms with E-state index in [1.165, 1.54) is 186 Å². The van der Waals surface area contributed by atoms with Gasteiger partial charge in [0.2, 0.25) is 0 Å². The molecule has 0 spiro atoms. The van der Waals surface area contributed by atoms with E-state index in [0.29, 0.717) is 19.3 Å². The van der Waals surface area contributed by atoms with Crippen molar-refractivity contribution in [3.63, 3.8) is 0 Å². The van der Waals surface area contributed by atoms with Crippen molar-refractivity contribution in [2.24, 2.45) is 0 Å². The molecule has 0 aliphatic rings. The molecule has 0 N–H and O–H groups in total. The van der Waals surface area contributed by atoms with Gasteiger partial charge in [-0.2, -0.15) is 0 Å². The number of unbranched alkanes of at least 4 members (excludes halogenated alkanes) is 34. The molecule has 0 fully saturated rings. The summed E-state index contributed by atoms with van der Waals surface area (Å²) in [7, 11) is 0. The summed E-state index contributed by atoms with van der Waals surface area (Å²) in [6.07, 6.45) is 57.4. The van der Waals surface area contributed by atoms with Crippen molar-refractivity contribution in [1.29, 1.82) is 0 Å². The highest BCUT2D eigenvalue weighted by Crippen LogP contribution is 2.16. The second kappa shape index (κ2) is 50.5. The van der Waals surface area contributed by atoms with E-state index < -0.39 is 6.10 Å². The van der Waals surface area contributed by atoms with Crippen molar-refractivity contribution in [2.45, 2.75) is 297 Å². The van der Waals surface area contributed by atoms with E-state index in [1.54, 1.807) is 0 Å². The first-order valence-corrected chi connectivity index (χ1v) is 26.8.